The number of benzene rings is 2. The number of aryl methyl sites for hydroxylation is 1. The van der Waals surface area contributed by atoms with Crippen LogP contribution in [0.15, 0.2) is 48.5 Å². The van der Waals surface area contributed by atoms with Crippen LogP contribution in [-0.2, 0) is 23.9 Å². The molecular formula is C23H23N3O7. The smallest absolute Gasteiger partial charge is 0.337 e. The average Bonchev–Trinajstić information content (AvgIpc) is 3.17. The van der Waals surface area contributed by atoms with E-state index >= 15 is 0 Å². The second kappa shape index (κ2) is 10.4. The van der Waals surface area contributed by atoms with Gasteiger partial charge in [-0.1, -0.05) is 17.7 Å². The summed E-state index contributed by atoms with van der Waals surface area (Å²) in [5.41, 5.74) is 4.52. The van der Waals surface area contributed by atoms with Gasteiger partial charge in [0.1, 0.15) is 0 Å². The molecule has 1 fully saturated rings. The summed E-state index contributed by atoms with van der Waals surface area (Å²) in [5, 5.41) is 3.62. The Morgan fingerprint density at radius 1 is 1.06 bits per heavy atom. The number of carbonyl (C=O) groups is 5. The van der Waals surface area contributed by atoms with Gasteiger partial charge in [-0.3, -0.25) is 29.6 Å². The summed E-state index contributed by atoms with van der Waals surface area (Å²) < 4.78 is 9.62. The minimum Gasteiger partial charge on any atom is -0.465 e. The van der Waals surface area contributed by atoms with Crippen molar-refractivity contribution in [3.63, 3.8) is 0 Å². The van der Waals surface area contributed by atoms with Crippen LogP contribution >= 0.6 is 0 Å². The van der Waals surface area contributed by atoms with E-state index in [1.165, 1.54) is 31.4 Å². The minimum atomic E-state index is -0.803. The number of esters is 2. The van der Waals surface area contributed by atoms with Gasteiger partial charge in [-0.15, -0.1) is 0 Å². The lowest BCUT2D eigenvalue weighted by Gasteiger charge is -2.17. The number of hydrazine groups is 1. The fourth-order valence-corrected chi connectivity index (χ4v) is 3.21. The molecule has 1 saturated heterocycles. The standard InChI is InChI=1S/C23H23N3O7/c1-14-4-3-5-16(10-14)21(29)25-26-12-17(11-20(26)28)23(31)33-13-19(27)24-18-8-6-15(7-9-18)22(30)32-2/h3-10,17H,11-13H2,1-2H3,(H,24,27)(H,25,29)/t17-/m0/s1. The molecule has 2 N–H and O–H groups in total. The van der Waals surface area contributed by atoms with E-state index in [1.54, 1.807) is 18.2 Å². The van der Waals surface area contributed by atoms with Crippen molar-refractivity contribution in [3.8, 4) is 0 Å². The average molecular weight is 453 g/mol. The van der Waals surface area contributed by atoms with E-state index in [0.717, 1.165) is 10.6 Å². The predicted molar refractivity (Wildman–Crippen MR) is 116 cm³/mol. The first-order valence-electron chi connectivity index (χ1n) is 10.1. The molecule has 3 rings (SSSR count). The molecule has 2 aromatic rings. The van der Waals surface area contributed by atoms with E-state index < -0.39 is 42.2 Å². The van der Waals surface area contributed by atoms with Gasteiger partial charge in [0.15, 0.2) is 6.61 Å². The topological polar surface area (TPSA) is 131 Å². The molecule has 3 amide bonds. The Bertz CT molecular complexity index is 1080. The molecule has 0 aromatic heterocycles. The molecule has 0 aliphatic carbocycles. The first kappa shape index (κ1) is 23.5. The summed E-state index contributed by atoms with van der Waals surface area (Å²) in [6.45, 7) is 1.25. The molecule has 1 aliphatic heterocycles. The normalized spacial score (nSPS) is 15.0. The van der Waals surface area contributed by atoms with Gasteiger partial charge >= 0.3 is 11.9 Å². The Labute approximate surface area is 189 Å². The molecule has 0 saturated carbocycles. The first-order valence-corrected chi connectivity index (χ1v) is 10.1. The molecule has 10 nitrogen and oxygen atoms in total. The molecule has 10 heteroatoms. The van der Waals surface area contributed by atoms with E-state index in [-0.39, 0.29) is 13.0 Å². The number of hydrogen-bond donors (Lipinski definition) is 2. The van der Waals surface area contributed by atoms with Crippen LogP contribution in [-0.4, -0.2) is 54.9 Å². The van der Waals surface area contributed by atoms with E-state index in [4.69, 9.17) is 4.74 Å². The van der Waals surface area contributed by atoms with Crippen LogP contribution in [0, 0.1) is 12.8 Å². The van der Waals surface area contributed by atoms with Crippen molar-refractivity contribution in [2.24, 2.45) is 5.92 Å². The van der Waals surface area contributed by atoms with Crippen LogP contribution in [0.25, 0.3) is 0 Å². The largest absolute Gasteiger partial charge is 0.465 e. The highest BCUT2D eigenvalue weighted by molar-refractivity contribution is 5.97. The number of amides is 3. The van der Waals surface area contributed by atoms with Crippen molar-refractivity contribution in [3.05, 3.63) is 65.2 Å². The number of hydrogen-bond acceptors (Lipinski definition) is 7. The lowest BCUT2D eigenvalue weighted by atomic mass is 10.1. The van der Waals surface area contributed by atoms with Gasteiger partial charge in [0.05, 0.1) is 25.1 Å². The Morgan fingerprint density at radius 2 is 1.79 bits per heavy atom. The molecule has 1 aliphatic rings. The summed E-state index contributed by atoms with van der Waals surface area (Å²) in [5.74, 6) is -3.49. The van der Waals surface area contributed by atoms with Gasteiger partial charge in [0.25, 0.3) is 11.8 Å². The maximum absolute atomic E-state index is 12.3. The Kier molecular flexibility index (Phi) is 7.39. The number of ether oxygens (including phenoxy) is 2. The van der Waals surface area contributed by atoms with Crippen LogP contribution in [0.3, 0.4) is 0 Å². The Morgan fingerprint density at radius 3 is 2.45 bits per heavy atom. The first-order chi connectivity index (χ1) is 15.8. The molecular weight excluding hydrogens is 430 g/mol. The molecule has 0 spiro atoms. The number of nitrogens with zero attached hydrogens (tertiary/aromatic N) is 1. The van der Waals surface area contributed by atoms with Crippen LogP contribution in [0.4, 0.5) is 5.69 Å². The zero-order chi connectivity index (χ0) is 24.0. The Hall–Kier alpha value is -4.21. The number of methoxy groups -OCH3 is 1. The number of anilines is 1. The minimum absolute atomic E-state index is 0.0498. The Balaban J connectivity index is 1.46. The number of nitrogens with one attached hydrogen (secondary N) is 2. The third kappa shape index (κ3) is 6.16. The lowest BCUT2D eigenvalue weighted by Crippen LogP contribution is -2.43. The van der Waals surface area contributed by atoms with Gasteiger partial charge in [-0.05, 0) is 43.3 Å². The van der Waals surface area contributed by atoms with E-state index in [0.29, 0.717) is 16.8 Å². The molecule has 0 unspecified atom stereocenters. The maximum Gasteiger partial charge on any atom is 0.337 e. The summed E-state index contributed by atoms with van der Waals surface area (Å²) in [6, 6.07) is 12.9. The van der Waals surface area contributed by atoms with Gasteiger partial charge < -0.3 is 14.8 Å². The third-order valence-electron chi connectivity index (χ3n) is 4.91. The zero-order valence-corrected chi connectivity index (χ0v) is 18.1. The van der Waals surface area contributed by atoms with Crippen molar-refractivity contribution in [2.45, 2.75) is 13.3 Å². The van der Waals surface area contributed by atoms with Gasteiger partial charge in [-0.25, -0.2) is 4.79 Å². The maximum atomic E-state index is 12.3. The van der Waals surface area contributed by atoms with Crippen molar-refractivity contribution in [2.75, 3.05) is 25.6 Å². The van der Waals surface area contributed by atoms with E-state index in [9.17, 15) is 24.0 Å². The summed E-state index contributed by atoms with van der Waals surface area (Å²) in [6.07, 6.45) is -0.135. The third-order valence-corrected chi connectivity index (χ3v) is 4.91. The van der Waals surface area contributed by atoms with Crippen molar-refractivity contribution in [1.82, 2.24) is 10.4 Å². The highest BCUT2D eigenvalue weighted by Crippen LogP contribution is 2.18. The summed E-state index contributed by atoms with van der Waals surface area (Å²) in [7, 11) is 1.27. The molecule has 1 heterocycles. The quantitative estimate of drug-likeness (QED) is 0.607. The van der Waals surface area contributed by atoms with Crippen LogP contribution in [0.2, 0.25) is 0 Å². The van der Waals surface area contributed by atoms with E-state index in [1.807, 2.05) is 13.0 Å². The van der Waals surface area contributed by atoms with Crippen LogP contribution < -0.4 is 10.7 Å². The zero-order valence-electron chi connectivity index (χ0n) is 18.1. The van der Waals surface area contributed by atoms with Gasteiger partial charge in [0.2, 0.25) is 5.91 Å². The second-order valence-electron chi connectivity index (χ2n) is 7.44. The highest BCUT2D eigenvalue weighted by Gasteiger charge is 2.36. The van der Waals surface area contributed by atoms with Crippen LogP contribution in [0.5, 0.6) is 0 Å². The molecule has 1 atom stereocenters. The SMILES string of the molecule is COC(=O)c1ccc(NC(=O)COC(=O)[C@H]2CC(=O)N(NC(=O)c3cccc(C)c3)C2)cc1. The van der Waals surface area contributed by atoms with E-state index in [2.05, 4.69) is 15.5 Å². The highest BCUT2D eigenvalue weighted by atomic mass is 16.5. The van der Waals surface area contributed by atoms with Gasteiger partial charge in [0, 0.05) is 17.7 Å². The van der Waals surface area contributed by atoms with Crippen molar-refractivity contribution in [1.29, 1.82) is 0 Å². The number of carbonyl (C=O) groups excluding carboxylic acids is 5. The fraction of sp³-hybridized carbons (Fsp3) is 0.261. The van der Waals surface area contributed by atoms with Crippen LogP contribution in [0.1, 0.15) is 32.7 Å². The molecule has 2 aromatic carbocycles. The monoisotopic (exact) mass is 453 g/mol. The van der Waals surface area contributed by atoms with Crippen molar-refractivity contribution < 1.29 is 33.4 Å². The fourth-order valence-electron chi connectivity index (χ4n) is 3.21. The number of rotatable bonds is 7. The molecule has 0 radical (unpaired) electrons. The van der Waals surface area contributed by atoms with Gasteiger partial charge in [-0.2, -0.15) is 0 Å². The lowest BCUT2D eigenvalue weighted by molar-refractivity contribution is -0.151. The summed E-state index contributed by atoms with van der Waals surface area (Å²) >= 11 is 0. The molecule has 0 bridgehead atoms. The van der Waals surface area contributed by atoms with Crippen molar-refractivity contribution >= 4 is 35.3 Å². The second-order valence-corrected chi connectivity index (χ2v) is 7.44. The predicted octanol–water partition coefficient (Wildman–Crippen LogP) is 1.46. The summed E-state index contributed by atoms with van der Waals surface area (Å²) in [4.78, 5) is 60.3. The molecule has 172 valence electrons. The molecule has 33 heavy (non-hydrogen) atoms.